The molecule has 0 aliphatic carbocycles. The SMILES string of the molecule is FC(F)(F)c1ccc(Nc2nc(C3=CN=C4CN3C=CS4)cs2)cn1. The van der Waals surface area contributed by atoms with Crippen molar-refractivity contribution < 1.29 is 13.2 Å². The van der Waals surface area contributed by atoms with Gasteiger partial charge < -0.3 is 10.2 Å². The highest BCUT2D eigenvalue weighted by Crippen LogP contribution is 2.32. The van der Waals surface area contributed by atoms with E-state index in [9.17, 15) is 13.2 Å². The third kappa shape index (κ3) is 3.40. The van der Waals surface area contributed by atoms with Crippen molar-refractivity contribution in [2.24, 2.45) is 4.99 Å². The van der Waals surface area contributed by atoms with Crippen molar-refractivity contribution in [3.63, 3.8) is 0 Å². The van der Waals surface area contributed by atoms with Crippen molar-refractivity contribution in [3.8, 4) is 0 Å². The van der Waals surface area contributed by atoms with Crippen molar-refractivity contribution in [2.45, 2.75) is 6.18 Å². The van der Waals surface area contributed by atoms with Crippen LogP contribution in [0.3, 0.4) is 0 Å². The summed E-state index contributed by atoms with van der Waals surface area (Å²) < 4.78 is 37.6. The van der Waals surface area contributed by atoms with Crippen molar-refractivity contribution in [2.75, 3.05) is 11.9 Å². The first-order valence-electron chi connectivity index (χ1n) is 7.12. The van der Waals surface area contributed by atoms with Gasteiger partial charge in [-0.05, 0) is 17.5 Å². The molecule has 0 saturated heterocycles. The molecule has 2 bridgehead atoms. The van der Waals surface area contributed by atoms with Crippen LogP contribution >= 0.6 is 23.1 Å². The monoisotopic (exact) mass is 381 g/mol. The van der Waals surface area contributed by atoms with Crippen LogP contribution in [-0.4, -0.2) is 26.5 Å². The van der Waals surface area contributed by atoms with E-state index in [1.807, 2.05) is 17.0 Å². The molecule has 2 aromatic heterocycles. The van der Waals surface area contributed by atoms with E-state index < -0.39 is 11.9 Å². The van der Waals surface area contributed by atoms with E-state index in [0.717, 1.165) is 35.2 Å². The lowest BCUT2D eigenvalue weighted by Crippen LogP contribution is -2.27. The first kappa shape index (κ1) is 16.2. The molecule has 0 aromatic carbocycles. The fraction of sp³-hybridized carbons (Fsp3) is 0.133. The van der Waals surface area contributed by atoms with E-state index in [-0.39, 0.29) is 0 Å². The third-order valence-corrected chi connectivity index (χ3v) is 4.98. The van der Waals surface area contributed by atoms with Gasteiger partial charge in [-0.3, -0.25) is 0 Å². The van der Waals surface area contributed by atoms with Crippen LogP contribution < -0.4 is 5.32 Å². The maximum atomic E-state index is 12.5. The second kappa shape index (κ2) is 6.19. The van der Waals surface area contributed by atoms with E-state index in [2.05, 4.69) is 25.2 Å². The molecule has 2 aliphatic heterocycles. The molecule has 128 valence electrons. The minimum absolute atomic E-state index is 0.445. The number of anilines is 2. The summed E-state index contributed by atoms with van der Waals surface area (Å²) in [5.74, 6) is 0. The van der Waals surface area contributed by atoms with Crippen LogP contribution in [0.15, 0.2) is 46.5 Å². The van der Waals surface area contributed by atoms with Gasteiger partial charge in [0.05, 0.1) is 35.4 Å². The van der Waals surface area contributed by atoms with Crippen LogP contribution in [0.5, 0.6) is 0 Å². The Balaban J connectivity index is 1.51. The molecular formula is C15H10F3N5S2. The summed E-state index contributed by atoms with van der Waals surface area (Å²) in [4.78, 5) is 14.3. The maximum Gasteiger partial charge on any atom is 0.433 e. The van der Waals surface area contributed by atoms with Gasteiger partial charge in [0, 0.05) is 11.6 Å². The molecule has 0 spiro atoms. The fourth-order valence-corrected chi connectivity index (χ4v) is 3.70. The van der Waals surface area contributed by atoms with Crippen molar-refractivity contribution in [1.82, 2.24) is 14.9 Å². The molecule has 0 amide bonds. The first-order valence-corrected chi connectivity index (χ1v) is 8.88. The van der Waals surface area contributed by atoms with Gasteiger partial charge in [0.25, 0.3) is 0 Å². The predicted molar refractivity (Wildman–Crippen MR) is 93.5 cm³/mol. The number of aromatic nitrogens is 2. The van der Waals surface area contributed by atoms with Gasteiger partial charge in [-0.2, -0.15) is 13.2 Å². The standard InChI is InChI=1S/C15H10F3N5S2/c16-15(17,18)12-2-1-9(5-19-12)21-14-22-10(8-25-14)11-6-20-13-7-23(11)3-4-24-13/h1-6,8H,7H2,(H,21,22). The normalized spacial score (nSPS) is 16.5. The third-order valence-electron chi connectivity index (χ3n) is 3.46. The number of alkyl halides is 3. The number of hydrogen-bond acceptors (Lipinski definition) is 7. The molecule has 2 aromatic rings. The summed E-state index contributed by atoms with van der Waals surface area (Å²) in [7, 11) is 0. The van der Waals surface area contributed by atoms with Crippen molar-refractivity contribution in [1.29, 1.82) is 0 Å². The van der Waals surface area contributed by atoms with Gasteiger partial charge in [-0.25, -0.2) is 15.0 Å². The highest BCUT2D eigenvalue weighted by molar-refractivity contribution is 8.16. The van der Waals surface area contributed by atoms with Gasteiger partial charge in [0.1, 0.15) is 11.4 Å². The quantitative estimate of drug-likeness (QED) is 0.847. The summed E-state index contributed by atoms with van der Waals surface area (Å²) in [6.07, 6.45) is 0.444. The number of pyridine rings is 1. The highest BCUT2D eigenvalue weighted by atomic mass is 32.2. The number of thiazole rings is 1. The summed E-state index contributed by atoms with van der Waals surface area (Å²) in [5.41, 5.74) is 1.16. The Labute approximate surface area is 149 Å². The Hall–Kier alpha value is -2.33. The smallest absolute Gasteiger partial charge is 0.338 e. The van der Waals surface area contributed by atoms with E-state index in [4.69, 9.17) is 0 Å². The van der Waals surface area contributed by atoms with Crippen LogP contribution in [0.1, 0.15) is 11.4 Å². The fourth-order valence-electron chi connectivity index (χ4n) is 2.28. The van der Waals surface area contributed by atoms with E-state index in [0.29, 0.717) is 10.8 Å². The number of nitrogens with one attached hydrogen (secondary N) is 1. The van der Waals surface area contributed by atoms with E-state index >= 15 is 0 Å². The lowest BCUT2D eigenvalue weighted by Gasteiger charge is -2.28. The molecule has 4 heterocycles. The predicted octanol–water partition coefficient (Wildman–Crippen LogP) is 4.53. The number of rotatable bonds is 3. The van der Waals surface area contributed by atoms with E-state index in [1.54, 1.807) is 18.0 Å². The van der Waals surface area contributed by atoms with Gasteiger partial charge >= 0.3 is 6.18 Å². The molecule has 0 unspecified atom stereocenters. The van der Waals surface area contributed by atoms with E-state index in [1.165, 1.54) is 17.4 Å². The number of halogens is 3. The Bertz CT molecular complexity index is 883. The zero-order valence-electron chi connectivity index (χ0n) is 12.5. The molecule has 0 atom stereocenters. The molecule has 4 rings (SSSR count). The largest absolute Gasteiger partial charge is 0.433 e. The van der Waals surface area contributed by atoms with Crippen LogP contribution in [0.25, 0.3) is 5.70 Å². The highest BCUT2D eigenvalue weighted by Gasteiger charge is 2.32. The first-order chi connectivity index (χ1) is 12.0. The number of nitrogens with zero attached hydrogens (tertiary/aromatic N) is 4. The summed E-state index contributed by atoms with van der Waals surface area (Å²) >= 11 is 2.95. The number of fused-ring (bicyclic) bond motifs is 2. The van der Waals surface area contributed by atoms with Crippen molar-refractivity contribution in [3.05, 3.63) is 52.9 Å². The second-order valence-corrected chi connectivity index (χ2v) is 7.00. The Morgan fingerprint density at radius 3 is 2.88 bits per heavy atom. The minimum atomic E-state index is -4.44. The van der Waals surface area contributed by atoms with Crippen molar-refractivity contribution >= 4 is 44.7 Å². The Morgan fingerprint density at radius 2 is 2.12 bits per heavy atom. The molecule has 0 fully saturated rings. The summed E-state index contributed by atoms with van der Waals surface area (Å²) in [5, 5.41) is 8.41. The Morgan fingerprint density at radius 1 is 1.24 bits per heavy atom. The van der Waals surface area contributed by atoms with Gasteiger partial charge in [0.15, 0.2) is 5.13 Å². The average molecular weight is 381 g/mol. The van der Waals surface area contributed by atoms with Gasteiger partial charge in [-0.1, -0.05) is 11.8 Å². The molecule has 0 saturated carbocycles. The Kier molecular flexibility index (Phi) is 4.00. The van der Waals surface area contributed by atoms with Crippen LogP contribution in [0.4, 0.5) is 24.0 Å². The van der Waals surface area contributed by atoms with Crippen LogP contribution in [-0.2, 0) is 6.18 Å². The topological polar surface area (TPSA) is 53.4 Å². The zero-order valence-corrected chi connectivity index (χ0v) is 14.1. The molecule has 5 nitrogen and oxygen atoms in total. The van der Waals surface area contributed by atoms with Crippen LogP contribution in [0, 0.1) is 0 Å². The van der Waals surface area contributed by atoms with Crippen LogP contribution in [0.2, 0.25) is 0 Å². The second-order valence-electron chi connectivity index (χ2n) is 5.16. The minimum Gasteiger partial charge on any atom is -0.338 e. The lowest BCUT2D eigenvalue weighted by atomic mass is 10.3. The summed E-state index contributed by atoms with van der Waals surface area (Å²) in [6.45, 7) is 0.718. The molecule has 10 heteroatoms. The lowest BCUT2D eigenvalue weighted by molar-refractivity contribution is -0.141. The summed E-state index contributed by atoms with van der Waals surface area (Å²) in [6, 6.07) is 2.27. The average Bonchev–Trinajstić information content (AvgIpc) is 3.03. The maximum absolute atomic E-state index is 12.5. The molecule has 2 aliphatic rings. The number of thioether (sulfide) groups is 1. The van der Waals surface area contributed by atoms with Gasteiger partial charge in [0.2, 0.25) is 0 Å². The molecular weight excluding hydrogens is 371 g/mol. The zero-order chi connectivity index (χ0) is 17.4. The molecule has 0 radical (unpaired) electrons. The number of hydrogen-bond donors (Lipinski definition) is 1. The van der Waals surface area contributed by atoms with Gasteiger partial charge in [-0.15, -0.1) is 11.3 Å². The molecule has 1 N–H and O–H groups in total. The number of aliphatic imine (C=N–C) groups is 1. The molecule has 25 heavy (non-hydrogen) atoms.